The lowest BCUT2D eigenvalue weighted by Crippen LogP contribution is -2.54. The summed E-state index contributed by atoms with van der Waals surface area (Å²) in [4.78, 5) is 43.3. The molecule has 0 unspecified atom stereocenters. The molecule has 0 saturated heterocycles. The predicted octanol–water partition coefficient (Wildman–Crippen LogP) is 3.37. The third-order valence-electron chi connectivity index (χ3n) is 7.31. The number of rotatable bonds is 6. The summed E-state index contributed by atoms with van der Waals surface area (Å²) in [7, 11) is 1.48. The molecule has 3 aromatic rings. The molecule has 2 atom stereocenters. The summed E-state index contributed by atoms with van der Waals surface area (Å²) in [6.45, 7) is -0.837. The van der Waals surface area contributed by atoms with Gasteiger partial charge < -0.3 is 19.9 Å². The number of ether oxygens (including phenoxy) is 1. The van der Waals surface area contributed by atoms with E-state index in [-0.39, 0.29) is 59.5 Å². The highest BCUT2D eigenvalue weighted by molar-refractivity contribution is 6.31. The van der Waals surface area contributed by atoms with E-state index in [0.29, 0.717) is 28.8 Å². The van der Waals surface area contributed by atoms with Crippen LogP contribution in [0.5, 0.6) is 5.75 Å². The zero-order valence-electron chi connectivity index (χ0n) is 22.1. The van der Waals surface area contributed by atoms with Gasteiger partial charge in [0.15, 0.2) is 0 Å². The van der Waals surface area contributed by atoms with Gasteiger partial charge >= 0.3 is 6.61 Å². The quantitative estimate of drug-likeness (QED) is 0.476. The van der Waals surface area contributed by atoms with Crippen molar-refractivity contribution < 1.29 is 27.9 Å². The fraction of sp³-hybridized carbons (Fsp3) is 0.321. The number of halogens is 3. The minimum absolute atomic E-state index is 0.0230. The molecule has 41 heavy (non-hydrogen) atoms. The Kier molecular flexibility index (Phi) is 7.64. The van der Waals surface area contributed by atoms with E-state index in [1.165, 1.54) is 40.9 Å². The number of alkyl halides is 2. The number of carbonyl (C=O) groups excluding carboxylic acids is 3. The molecule has 3 amide bonds. The Hall–Kier alpha value is -4.50. The topological polar surface area (TPSA) is 121 Å². The minimum atomic E-state index is -2.96. The fourth-order valence-electron chi connectivity index (χ4n) is 5.23. The van der Waals surface area contributed by atoms with Crippen LogP contribution in [0.15, 0.2) is 42.5 Å². The van der Waals surface area contributed by atoms with Crippen LogP contribution in [-0.4, -0.2) is 63.0 Å². The third kappa shape index (κ3) is 5.32. The molecule has 0 saturated carbocycles. The van der Waals surface area contributed by atoms with Gasteiger partial charge in [-0.3, -0.25) is 19.1 Å². The third-order valence-corrected chi connectivity index (χ3v) is 7.64. The number of hydrogen-bond acceptors (Lipinski definition) is 6. The number of carbonyl (C=O) groups is 3. The van der Waals surface area contributed by atoms with Gasteiger partial charge in [-0.2, -0.15) is 19.1 Å². The van der Waals surface area contributed by atoms with E-state index >= 15 is 0 Å². The van der Waals surface area contributed by atoms with Crippen molar-refractivity contribution in [2.24, 2.45) is 0 Å². The molecular formula is C28H25ClF2N6O4. The van der Waals surface area contributed by atoms with Crippen LogP contribution in [0.2, 0.25) is 5.02 Å². The van der Waals surface area contributed by atoms with Gasteiger partial charge in [0.05, 0.1) is 29.4 Å². The normalized spacial score (nSPS) is 18.0. The Labute approximate surface area is 239 Å². The van der Waals surface area contributed by atoms with Gasteiger partial charge in [-0.05, 0) is 42.8 Å². The van der Waals surface area contributed by atoms with Crippen LogP contribution in [0.1, 0.15) is 50.2 Å². The van der Waals surface area contributed by atoms with Crippen molar-refractivity contribution in [3.8, 4) is 11.8 Å². The number of nitrogens with zero attached hydrogens (tertiary/aromatic N) is 5. The highest BCUT2D eigenvalue weighted by Crippen LogP contribution is 2.32. The number of nitrogens with one attached hydrogen (secondary N) is 1. The fourth-order valence-corrected chi connectivity index (χ4v) is 5.39. The molecule has 2 aliphatic rings. The maximum atomic E-state index is 14.0. The van der Waals surface area contributed by atoms with Crippen molar-refractivity contribution in [1.82, 2.24) is 24.9 Å². The van der Waals surface area contributed by atoms with Crippen LogP contribution in [0.3, 0.4) is 0 Å². The molecule has 3 heterocycles. The van der Waals surface area contributed by atoms with Crippen LogP contribution in [0.25, 0.3) is 0 Å². The molecule has 0 bridgehead atoms. The number of amides is 3. The number of aromatic nitrogens is 2. The second-order valence-electron chi connectivity index (χ2n) is 9.83. The standard InChI is InChI=1S/C28H25ClF2N6O4/c1-15-9-22-20(13-35(15)26(39)17-5-8-21(29)18(10-17)11-32)24-27(40)36(23(25(38)33-2)14-37(24)34-22)12-16-3-6-19(7-4-16)41-28(30)31/h3-8,10,15,23,28H,9,12-14H2,1-2H3,(H,33,38)/t15-,23+/m1/s1. The lowest BCUT2D eigenvalue weighted by atomic mass is 9.96. The van der Waals surface area contributed by atoms with Gasteiger partial charge in [-0.15, -0.1) is 0 Å². The Morgan fingerprint density at radius 3 is 2.63 bits per heavy atom. The predicted molar refractivity (Wildman–Crippen MR) is 142 cm³/mol. The van der Waals surface area contributed by atoms with E-state index < -0.39 is 18.6 Å². The van der Waals surface area contributed by atoms with Crippen LogP contribution < -0.4 is 10.1 Å². The molecule has 0 radical (unpaired) electrons. The number of likely N-dealkylation sites (N-methyl/N-ethyl adjacent to an activating group) is 1. The van der Waals surface area contributed by atoms with Crippen molar-refractivity contribution >= 4 is 29.3 Å². The summed E-state index contributed by atoms with van der Waals surface area (Å²) in [6.07, 6.45) is 0.392. The van der Waals surface area contributed by atoms with E-state index in [1.807, 2.05) is 13.0 Å². The van der Waals surface area contributed by atoms with E-state index in [0.717, 1.165) is 0 Å². The van der Waals surface area contributed by atoms with Crippen LogP contribution in [0.4, 0.5) is 8.78 Å². The average molecular weight is 583 g/mol. The molecule has 2 aliphatic heterocycles. The molecule has 10 nitrogen and oxygen atoms in total. The molecule has 1 N–H and O–H groups in total. The first kappa shape index (κ1) is 28.0. The molecule has 13 heteroatoms. The number of nitriles is 1. The molecule has 5 rings (SSSR count). The Morgan fingerprint density at radius 1 is 1.24 bits per heavy atom. The smallest absolute Gasteiger partial charge is 0.387 e. The molecule has 2 aromatic carbocycles. The van der Waals surface area contributed by atoms with Gasteiger partial charge in [0.2, 0.25) is 5.91 Å². The molecule has 1 aromatic heterocycles. The monoisotopic (exact) mass is 582 g/mol. The maximum Gasteiger partial charge on any atom is 0.387 e. The highest BCUT2D eigenvalue weighted by atomic mass is 35.5. The van der Waals surface area contributed by atoms with Gasteiger partial charge in [0.25, 0.3) is 11.8 Å². The van der Waals surface area contributed by atoms with Crippen molar-refractivity contribution in [3.05, 3.63) is 81.1 Å². The lowest BCUT2D eigenvalue weighted by molar-refractivity contribution is -0.126. The van der Waals surface area contributed by atoms with Crippen LogP contribution in [-0.2, 0) is 30.8 Å². The Morgan fingerprint density at radius 2 is 1.98 bits per heavy atom. The first-order chi connectivity index (χ1) is 19.6. The van der Waals surface area contributed by atoms with Crippen molar-refractivity contribution in [1.29, 1.82) is 5.26 Å². The number of hydrogen-bond donors (Lipinski definition) is 1. The Balaban J connectivity index is 1.46. The molecule has 0 aliphatic carbocycles. The summed E-state index contributed by atoms with van der Waals surface area (Å²) in [5, 5.41) is 16.8. The van der Waals surface area contributed by atoms with E-state index in [2.05, 4.69) is 15.2 Å². The van der Waals surface area contributed by atoms with E-state index in [9.17, 15) is 28.4 Å². The second-order valence-corrected chi connectivity index (χ2v) is 10.2. The van der Waals surface area contributed by atoms with E-state index in [4.69, 9.17) is 11.6 Å². The largest absolute Gasteiger partial charge is 0.435 e. The molecule has 0 fully saturated rings. The summed E-state index contributed by atoms with van der Waals surface area (Å²) in [5.41, 5.74) is 2.65. The average Bonchev–Trinajstić information content (AvgIpc) is 3.31. The number of fused-ring (bicyclic) bond motifs is 3. The molecule has 0 spiro atoms. The van der Waals surface area contributed by atoms with Crippen molar-refractivity contribution in [2.45, 2.75) is 51.7 Å². The van der Waals surface area contributed by atoms with Crippen molar-refractivity contribution in [2.75, 3.05) is 7.05 Å². The first-order valence-electron chi connectivity index (χ1n) is 12.8. The first-order valence-corrected chi connectivity index (χ1v) is 13.1. The number of benzene rings is 2. The zero-order chi connectivity index (χ0) is 29.4. The van der Waals surface area contributed by atoms with E-state index in [1.54, 1.807) is 23.1 Å². The molecule has 212 valence electrons. The van der Waals surface area contributed by atoms with Gasteiger partial charge in [0, 0.05) is 37.2 Å². The van der Waals surface area contributed by atoms with Gasteiger partial charge in [-0.25, -0.2) is 0 Å². The summed E-state index contributed by atoms with van der Waals surface area (Å²) >= 11 is 6.04. The van der Waals surface area contributed by atoms with Crippen molar-refractivity contribution in [3.63, 3.8) is 0 Å². The lowest BCUT2D eigenvalue weighted by Gasteiger charge is -2.36. The van der Waals surface area contributed by atoms with Crippen LogP contribution in [0, 0.1) is 11.3 Å². The minimum Gasteiger partial charge on any atom is -0.435 e. The van der Waals surface area contributed by atoms with Gasteiger partial charge in [0.1, 0.15) is 23.6 Å². The zero-order valence-corrected chi connectivity index (χ0v) is 22.9. The Bertz CT molecular complexity index is 1570. The summed E-state index contributed by atoms with van der Waals surface area (Å²) < 4.78 is 31.0. The highest BCUT2D eigenvalue weighted by Gasteiger charge is 2.42. The summed E-state index contributed by atoms with van der Waals surface area (Å²) in [5.74, 6) is -1.15. The summed E-state index contributed by atoms with van der Waals surface area (Å²) in [6, 6.07) is 11.2. The molecular weight excluding hydrogens is 558 g/mol. The van der Waals surface area contributed by atoms with Gasteiger partial charge in [-0.1, -0.05) is 23.7 Å². The second kappa shape index (κ2) is 11.2. The maximum absolute atomic E-state index is 14.0. The van der Waals surface area contributed by atoms with Crippen LogP contribution >= 0.6 is 11.6 Å². The SMILES string of the molecule is CNC(=O)[C@@H]1Cn2nc3c(c2C(=O)N1Cc1ccc(OC(F)F)cc1)CN(C(=O)c1ccc(Cl)c(C#N)c1)[C@H](C)C3.